The first-order valence-electron chi connectivity index (χ1n) is 7.54. The third kappa shape index (κ3) is 4.99. The van der Waals surface area contributed by atoms with Gasteiger partial charge in [-0.15, -0.1) is 0 Å². The number of nitrogens with one attached hydrogen (secondary N) is 1. The minimum Gasteiger partial charge on any atom is -0.366 e. The van der Waals surface area contributed by atoms with Crippen LogP contribution < -0.4 is 11.1 Å². The second kappa shape index (κ2) is 8.36. The summed E-state index contributed by atoms with van der Waals surface area (Å²) >= 11 is 5.91. The van der Waals surface area contributed by atoms with Gasteiger partial charge in [-0.3, -0.25) is 9.79 Å². The molecule has 0 aliphatic heterocycles. The van der Waals surface area contributed by atoms with Gasteiger partial charge in [-0.25, -0.2) is 0 Å². The van der Waals surface area contributed by atoms with Crippen molar-refractivity contribution in [2.24, 2.45) is 10.7 Å². The Bertz CT molecular complexity index is 728. The Morgan fingerprint density at radius 2 is 1.92 bits per heavy atom. The van der Waals surface area contributed by atoms with Crippen LogP contribution in [0.15, 0.2) is 53.5 Å². The number of primary amides is 1. The maximum atomic E-state index is 11.2. The van der Waals surface area contributed by atoms with Crippen molar-refractivity contribution in [1.82, 2.24) is 10.2 Å². The second-order valence-corrected chi connectivity index (χ2v) is 5.88. The molecule has 0 aliphatic rings. The van der Waals surface area contributed by atoms with Crippen LogP contribution in [-0.4, -0.2) is 30.9 Å². The van der Waals surface area contributed by atoms with Crippen LogP contribution in [0.25, 0.3) is 0 Å². The number of hydrogen-bond acceptors (Lipinski definition) is 2. The highest BCUT2D eigenvalue weighted by atomic mass is 35.5. The predicted molar refractivity (Wildman–Crippen MR) is 98.1 cm³/mol. The van der Waals surface area contributed by atoms with E-state index < -0.39 is 5.91 Å². The number of nitrogens with zero attached hydrogens (tertiary/aromatic N) is 2. The summed E-state index contributed by atoms with van der Waals surface area (Å²) < 4.78 is 0. The number of guanidine groups is 1. The summed E-state index contributed by atoms with van der Waals surface area (Å²) in [5, 5.41) is 4.00. The lowest BCUT2D eigenvalue weighted by molar-refractivity contribution is 0.1000. The molecule has 0 fully saturated rings. The summed E-state index contributed by atoms with van der Waals surface area (Å²) in [6, 6.07) is 15.0. The molecule has 0 aliphatic carbocycles. The van der Waals surface area contributed by atoms with Crippen molar-refractivity contribution in [2.45, 2.75) is 13.1 Å². The van der Waals surface area contributed by atoms with Gasteiger partial charge in [-0.2, -0.15) is 0 Å². The molecule has 24 heavy (non-hydrogen) atoms. The van der Waals surface area contributed by atoms with Gasteiger partial charge in [0, 0.05) is 37.8 Å². The molecule has 0 atom stereocenters. The number of carbonyl (C=O) groups is 1. The molecule has 0 saturated carbocycles. The van der Waals surface area contributed by atoms with Crippen LogP contribution in [-0.2, 0) is 13.1 Å². The summed E-state index contributed by atoms with van der Waals surface area (Å²) in [5.41, 5.74) is 7.91. The zero-order valence-electron chi connectivity index (χ0n) is 13.8. The first-order valence-corrected chi connectivity index (χ1v) is 7.92. The maximum Gasteiger partial charge on any atom is 0.248 e. The Morgan fingerprint density at radius 3 is 2.54 bits per heavy atom. The Labute approximate surface area is 147 Å². The van der Waals surface area contributed by atoms with Crippen molar-refractivity contribution in [1.29, 1.82) is 0 Å². The van der Waals surface area contributed by atoms with Gasteiger partial charge >= 0.3 is 0 Å². The van der Waals surface area contributed by atoms with E-state index in [2.05, 4.69) is 10.3 Å². The number of benzene rings is 2. The number of amides is 1. The van der Waals surface area contributed by atoms with Gasteiger partial charge in [-0.1, -0.05) is 35.9 Å². The van der Waals surface area contributed by atoms with Crippen molar-refractivity contribution in [2.75, 3.05) is 14.1 Å². The molecule has 126 valence electrons. The molecule has 3 N–H and O–H groups in total. The van der Waals surface area contributed by atoms with E-state index in [1.54, 1.807) is 19.2 Å². The van der Waals surface area contributed by atoms with Crippen LogP contribution in [0.1, 0.15) is 21.5 Å². The molecular formula is C18H21ClN4O. The summed E-state index contributed by atoms with van der Waals surface area (Å²) in [7, 11) is 3.70. The molecule has 0 unspecified atom stereocenters. The van der Waals surface area contributed by atoms with E-state index in [4.69, 9.17) is 17.3 Å². The quantitative estimate of drug-likeness (QED) is 0.647. The smallest absolute Gasteiger partial charge is 0.248 e. The highest BCUT2D eigenvalue weighted by Gasteiger charge is 2.07. The largest absolute Gasteiger partial charge is 0.366 e. The van der Waals surface area contributed by atoms with Crippen molar-refractivity contribution in [3.05, 3.63) is 70.2 Å². The second-order valence-electron chi connectivity index (χ2n) is 5.45. The summed E-state index contributed by atoms with van der Waals surface area (Å²) in [6.07, 6.45) is 0. The van der Waals surface area contributed by atoms with E-state index in [-0.39, 0.29) is 0 Å². The molecule has 0 aromatic heterocycles. The van der Waals surface area contributed by atoms with Crippen LogP contribution in [0.3, 0.4) is 0 Å². The SMILES string of the molecule is CN=C(NCc1cccc(C(N)=O)c1)N(C)Cc1ccc(Cl)cc1. The maximum absolute atomic E-state index is 11.2. The van der Waals surface area contributed by atoms with Gasteiger partial charge in [-0.05, 0) is 35.4 Å². The van der Waals surface area contributed by atoms with Crippen LogP contribution in [0.4, 0.5) is 0 Å². The fourth-order valence-corrected chi connectivity index (χ4v) is 2.46. The molecule has 2 aromatic rings. The van der Waals surface area contributed by atoms with E-state index in [1.807, 2.05) is 48.3 Å². The molecular weight excluding hydrogens is 324 g/mol. The van der Waals surface area contributed by atoms with Crippen LogP contribution in [0.2, 0.25) is 5.02 Å². The highest BCUT2D eigenvalue weighted by molar-refractivity contribution is 6.30. The van der Waals surface area contributed by atoms with Crippen LogP contribution >= 0.6 is 11.6 Å². The number of nitrogens with two attached hydrogens (primary N) is 1. The van der Waals surface area contributed by atoms with Gasteiger partial charge in [0.2, 0.25) is 5.91 Å². The first kappa shape index (κ1) is 17.8. The van der Waals surface area contributed by atoms with Gasteiger partial charge in [0.1, 0.15) is 0 Å². The van der Waals surface area contributed by atoms with Crippen LogP contribution in [0, 0.1) is 0 Å². The number of halogens is 1. The number of rotatable bonds is 5. The number of carbonyl (C=O) groups excluding carboxylic acids is 1. The third-order valence-corrected chi connectivity index (χ3v) is 3.82. The molecule has 6 heteroatoms. The fraction of sp³-hybridized carbons (Fsp3) is 0.222. The molecule has 5 nitrogen and oxygen atoms in total. The minimum atomic E-state index is -0.430. The van der Waals surface area contributed by atoms with E-state index in [9.17, 15) is 4.79 Å². The topological polar surface area (TPSA) is 70.7 Å². The first-order chi connectivity index (χ1) is 11.5. The summed E-state index contributed by atoms with van der Waals surface area (Å²) in [6.45, 7) is 1.26. The van der Waals surface area contributed by atoms with E-state index >= 15 is 0 Å². The van der Waals surface area contributed by atoms with Gasteiger partial charge in [0.15, 0.2) is 5.96 Å². The normalized spacial score (nSPS) is 11.2. The van der Waals surface area contributed by atoms with Crippen molar-refractivity contribution >= 4 is 23.5 Å². The number of aliphatic imine (C=N–C) groups is 1. The Kier molecular flexibility index (Phi) is 6.21. The minimum absolute atomic E-state index is 0.430. The molecule has 0 bridgehead atoms. The van der Waals surface area contributed by atoms with E-state index in [0.29, 0.717) is 18.7 Å². The van der Waals surface area contributed by atoms with Crippen LogP contribution in [0.5, 0.6) is 0 Å². The Morgan fingerprint density at radius 1 is 1.21 bits per heavy atom. The monoisotopic (exact) mass is 344 g/mol. The fourth-order valence-electron chi connectivity index (χ4n) is 2.34. The molecule has 0 radical (unpaired) electrons. The lowest BCUT2D eigenvalue weighted by Crippen LogP contribution is -2.38. The average Bonchev–Trinajstić information content (AvgIpc) is 2.57. The lowest BCUT2D eigenvalue weighted by atomic mass is 10.1. The van der Waals surface area contributed by atoms with E-state index in [0.717, 1.165) is 22.1 Å². The highest BCUT2D eigenvalue weighted by Crippen LogP contribution is 2.11. The predicted octanol–water partition coefficient (Wildman–Crippen LogP) is 2.65. The average molecular weight is 345 g/mol. The lowest BCUT2D eigenvalue weighted by Gasteiger charge is -2.22. The Balaban J connectivity index is 1.97. The standard InChI is InChI=1S/C18H21ClN4O/c1-21-18(23(2)12-13-6-8-16(19)9-7-13)22-11-14-4-3-5-15(10-14)17(20)24/h3-10H,11-12H2,1-2H3,(H2,20,24)(H,21,22). The zero-order chi connectivity index (χ0) is 17.5. The third-order valence-electron chi connectivity index (χ3n) is 3.57. The molecule has 2 rings (SSSR count). The molecule has 0 saturated heterocycles. The molecule has 1 amide bonds. The molecule has 0 heterocycles. The molecule has 0 spiro atoms. The van der Waals surface area contributed by atoms with Gasteiger partial charge in [0.25, 0.3) is 0 Å². The molecule has 2 aromatic carbocycles. The van der Waals surface area contributed by atoms with Crippen molar-refractivity contribution < 1.29 is 4.79 Å². The van der Waals surface area contributed by atoms with Crippen molar-refractivity contribution in [3.63, 3.8) is 0 Å². The van der Waals surface area contributed by atoms with E-state index in [1.165, 1.54) is 0 Å². The Hall–Kier alpha value is -2.53. The zero-order valence-corrected chi connectivity index (χ0v) is 14.5. The summed E-state index contributed by atoms with van der Waals surface area (Å²) in [5.74, 6) is 0.329. The number of hydrogen-bond donors (Lipinski definition) is 2. The van der Waals surface area contributed by atoms with Gasteiger partial charge in [0.05, 0.1) is 0 Å². The van der Waals surface area contributed by atoms with Gasteiger partial charge < -0.3 is 16.0 Å². The summed E-state index contributed by atoms with van der Waals surface area (Å²) in [4.78, 5) is 17.5. The van der Waals surface area contributed by atoms with Crippen molar-refractivity contribution in [3.8, 4) is 0 Å².